The maximum absolute atomic E-state index is 12.1. The number of hydrogen-bond donors (Lipinski definition) is 2. The van der Waals surface area contributed by atoms with Crippen LogP contribution < -0.4 is 10.6 Å². The molecule has 0 aromatic heterocycles. The van der Waals surface area contributed by atoms with E-state index in [-0.39, 0.29) is 11.9 Å². The fourth-order valence-electron chi connectivity index (χ4n) is 2.46. The van der Waals surface area contributed by atoms with E-state index >= 15 is 0 Å². The van der Waals surface area contributed by atoms with Crippen LogP contribution in [0, 0.1) is 0 Å². The maximum Gasteiger partial charge on any atom is 0.251 e. The van der Waals surface area contributed by atoms with Crippen LogP contribution in [0.5, 0.6) is 0 Å². The Labute approximate surface area is 131 Å². The number of nitrogens with one attached hydrogen (secondary N) is 2. The highest BCUT2D eigenvalue weighted by atomic mass is 79.9. The van der Waals surface area contributed by atoms with Crippen LogP contribution in [0.15, 0.2) is 46.9 Å². The van der Waals surface area contributed by atoms with E-state index in [9.17, 15) is 4.79 Å². The van der Waals surface area contributed by atoms with E-state index < -0.39 is 0 Å². The molecular weight excluding hydrogens is 332 g/mol. The predicted octanol–water partition coefficient (Wildman–Crippen LogP) is 3.70. The maximum atomic E-state index is 12.1. The summed E-state index contributed by atoms with van der Waals surface area (Å²) in [6.07, 6.45) is 0. The fraction of sp³-hybridized carbons (Fsp3) is 0.188. The van der Waals surface area contributed by atoms with Gasteiger partial charge in [0.1, 0.15) is 6.04 Å². The van der Waals surface area contributed by atoms with Gasteiger partial charge < -0.3 is 15.4 Å². The monoisotopic (exact) mass is 346 g/mol. The SMILES string of the molecule is COCc1cccc(NC2C(=O)Nc3ccc(Br)cc32)c1. The van der Waals surface area contributed by atoms with Crippen molar-refractivity contribution in [2.75, 3.05) is 17.7 Å². The fourth-order valence-corrected chi connectivity index (χ4v) is 2.84. The van der Waals surface area contributed by atoms with Gasteiger partial charge in [0.2, 0.25) is 0 Å². The third kappa shape index (κ3) is 2.94. The summed E-state index contributed by atoms with van der Waals surface area (Å²) in [6.45, 7) is 0.550. The van der Waals surface area contributed by atoms with E-state index in [0.717, 1.165) is 27.0 Å². The number of hydrogen-bond acceptors (Lipinski definition) is 3. The van der Waals surface area contributed by atoms with Crippen molar-refractivity contribution in [3.8, 4) is 0 Å². The summed E-state index contributed by atoms with van der Waals surface area (Å²) in [6, 6.07) is 13.3. The Bertz CT molecular complexity index is 688. The Morgan fingerprint density at radius 3 is 2.95 bits per heavy atom. The molecule has 21 heavy (non-hydrogen) atoms. The average molecular weight is 347 g/mol. The molecule has 1 amide bonds. The number of carbonyl (C=O) groups is 1. The first-order chi connectivity index (χ1) is 10.2. The summed E-state index contributed by atoms with van der Waals surface area (Å²) in [5, 5.41) is 6.17. The molecule has 0 radical (unpaired) electrons. The minimum Gasteiger partial charge on any atom is -0.380 e. The van der Waals surface area contributed by atoms with E-state index in [1.165, 1.54) is 0 Å². The minimum atomic E-state index is -0.379. The molecule has 0 saturated heterocycles. The van der Waals surface area contributed by atoms with E-state index in [1.807, 2.05) is 42.5 Å². The lowest BCUT2D eigenvalue weighted by Gasteiger charge is -2.14. The summed E-state index contributed by atoms with van der Waals surface area (Å²) >= 11 is 3.45. The third-order valence-electron chi connectivity index (χ3n) is 3.39. The van der Waals surface area contributed by atoms with Crippen molar-refractivity contribution in [1.82, 2.24) is 0 Å². The van der Waals surface area contributed by atoms with Crippen LogP contribution in [0.3, 0.4) is 0 Å². The number of rotatable bonds is 4. The number of fused-ring (bicyclic) bond motifs is 1. The quantitative estimate of drug-likeness (QED) is 0.887. The Hall–Kier alpha value is -1.85. The van der Waals surface area contributed by atoms with Crippen molar-refractivity contribution >= 4 is 33.2 Å². The molecule has 0 spiro atoms. The molecule has 2 aromatic carbocycles. The van der Waals surface area contributed by atoms with Gasteiger partial charge in [-0.15, -0.1) is 0 Å². The lowest BCUT2D eigenvalue weighted by Crippen LogP contribution is -2.19. The molecule has 108 valence electrons. The predicted molar refractivity (Wildman–Crippen MR) is 86.3 cm³/mol. The van der Waals surface area contributed by atoms with Crippen molar-refractivity contribution in [2.24, 2.45) is 0 Å². The van der Waals surface area contributed by atoms with Crippen LogP contribution >= 0.6 is 15.9 Å². The van der Waals surface area contributed by atoms with Crippen molar-refractivity contribution in [2.45, 2.75) is 12.6 Å². The summed E-state index contributed by atoms with van der Waals surface area (Å²) in [5.74, 6) is -0.0414. The Morgan fingerprint density at radius 2 is 2.14 bits per heavy atom. The van der Waals surface area contributed by atoms with E-state index in [4.69, 9.17) is 4.74 Å². The summed E-state index contributed by atoms with van der Waals surface area (Å²) in [7, 11) is 1.66. The molecule has 1 heterocycles. The van der Waals surface area contributed by atoms with Crippen LogP contribution in [0.4, 0.5) is 11.4 Å². The topological polar surface area (TPSA) is 50.4 Å². The molecule has 0 bridgehead atoms. The molecular formula is C16H15BrN2O2. The number of carbonyl (C=O) groups excluding carboxylic acids is 1. The highest BCUT2D eigenvalue weighted by Gasteiger charge is 2.30. The van der Waals surface area contributed by atoms with Gasteiger partial charge in [-0.25, -0.2) is 0 Å². The normalized spacial score (nSPS) is 16.5. The zero-order valence-electron chi connectivity index (χ0n) is 11.5. The Morgan fingerprint density at radius 1 is 1.29 bits per heavy atom. The number of amides is 1. The number of ether oxygens (including phenoxy) is 1. The molecule has 1 unspecified atom stereocenters. The van der Waals surface area contributed by atoms with Crippen molar-refractivity contribution in [3.05, 3.63) is 58.1 Å². The largest absolute Gasteiger partial charge is 0.380 e. The Balaban J connectivity index is 1.87. The highest BCUT2D eigenvalue weighted by Crippen LogP contribution is 2.35. The van der Waals surface area contributed by atoms with E-state index in [0.29, 0.717) is 6.61 Å². The first-order valence-corrected chi connectivity index (χ1v) is 7.41. The van der Waals surface area contributed by atoms with Gasteiger partial charge >= 0.3 is 0 Å². The zero-order chi connectivity index (χ0) is 14.8. The van der Waals surface area contributed by atoms with Crippen LogP contribution in [0.2, 0.25) is 0 Å². The summed E-state index contributed by atoms with van der Waals surface area (Å²) in [4.78, 5) is 12.1. The standard InChI is InChI=1S/C16H15BrN2O2/c1-21-9-10-3-2-4-12(7-10)18-15-13-8-11(17)5-6-14(13)19-16(15)20/h2-8,15,18H,9H2,1H3,(H,19,20). The van der Waals surface area contributed by atoms with Crippen LogP contribution in [-0.2, 0) is 16.1 Å². The minimum absolute atomic E-state index is 0.0414. The van der Waals surface area contributed by atoms with Gasteiger partial charge in [-0.2, -0.15) is 0 Å². The van der Waals surface area contributed by atoms with Crippen molar-refractivity contribution in [1.29, 1.82) is 0 Å². The number of benzene rings is 2. The lowest BCUT2D eigenvalue weighted by atomic mass is 10.1. The third-order valence-corrected chi connectivity index (χ3v) is 3.89. The summed E-state index contributed by atoms with van der Waals surface area (Å²) < 4.78 is 6.09. The van der Waals surface area contributed by atoms with E-state index in [2.05, 4.69) is 26.6 Å². The molecule has 1 aliphatic heterocycles. The van der Waals surface area contributed by atoms with Gasteiger partial charge in [0.25, 0.3) is 5.91 Å². The number of halogens is 1. The van der Waals surface area contributed by atoms with E-state index in [1.54, 1.807) is 7.11 Å². The summed E-state index contributed by atoms with van der Waals surface area (Å²) in [5.41, 5.74) is 3.77. The molecule has 2 N–H and O–H groups in total. The molecule has 1 atom stereocenters. The van der Waals surface area contributed by atoms with Gasteiger partial charge in [-0.3, -0.25) is 4.79 Å². The molecule has 0 aliphatic carbocycles. The van der Waals surface area contributed by atoms with Crippen LogP contribution in [-0.4, -0.2) is 13.0 Å². The molecule has 0 saturated carbocycles. The second kappa shape index (κ2) is 5.87. The molecule has 0 fully saturated rings. The first kappa shape index (κ1) is 14.1. The lowest BCUT2D eigenvalue weighted by molar-refractivity contribution is -0.116. The molecule has 2 aromatic rings. The second-order valence-corrected chi connectivity index (χ2v) is 5.85. The van der Waals surface area contributed by atoms with Gasteiger partial charge in [0.15, 0.2) is 0 Å². The van der Waals surface area contributed by atoms with Crippen LogP contribution in [0.1, 0.15) is 17.2 Å². The van der Waals surface area contributed by atoms with Crippen LogP contribution in [0.25, 0.3) is 0 Å². The molecule has 4 nitrogen and oxygen atoms in total. The molecule has 5 heteroatoms. The smallest absolute Gasteiger partial charge is 0.251 e. The second-order valence-electron chi connectivity index (χ2n) is 4.93. The van der Waals surface area contributed by atoms with Gasteiger partial charge in [-0.1, -0.05) is 28.1 Å². The van der Waals surface area contributed by atoms with Gasteiger partial charge in [0.05, 0.1) is 6.61 Å². The van der Waals surface area contributed by atoms with Crippen molar-refractivity contribution in [3.63, 3.8) is 0 Å². The molecule has 3 rings (SSSR count). The number of methoxy groups -OCH3 is 1. The Kier molecular flexibility index (Phi) is 3.94. The highest BCUT2D eigenvalue weighted by molar-refractivity contribution is 9.10. The van der Waals surface area contributed by atoms with Gasteiger partial charge in [-0.05, 0) is 35.9 Å². The average Bonchev–Trinajstić information content (AvgIpc) is 2.76. The zero-order valence-corrected chi connectivity index (χ0v) is 13.1. The number of anilines is 2. The van der Waals surface area contributed by atoms with Crippen molar-refractivity contribution < 1.29 is 9.53 Å². The molecule has 1 aliphatic rings. The first-order valence-electron chi connectivity index (χ1n) is 6.62. The van der Waals surface area contributed by atoms with Gasteiger partial charge in [0, 0.05) is 28.5 Å².